The summed E-state index contributed by atoms with van der Waals surface area (Å²) in [5.74, 6) is 1.79. The molecule has 0 radical (unpaired) electrons. The molecule has 2 saturated heterocycles. The number of nitrogens with zero attached hydrogens (tertiary/aromatic N) is 2. The second-order valence-electron chi connectivity index (χ2n) is 10.8. The van der Waals surface area contributed by atoms with Gasteiger partial charge in [0.05, 0.1) is 18.1 Å². The Bertz CT molecular complexity index is 620. The van der Waals surface area contributed by atoms with Crippen LogP contribution in [0.2, 0.25) is 0 Å². The smallest absolute Gasteiger partial charge is 0.116 e. The van der Waals surface area contributed by atoms with E-state index in [2.05, 4.69) is 11.0 Å². The Balaban J connectivity index is 1.29. The molecule has 2 aliphatic heterocycles. The van der Waals surface area contributed by atoms with E-state index in [-0.39, 0.29) is 6.10 Å². The molecule has 2 N–H and O–H groups in total. The highest BCUT2D eigenvalue weighted by Crippen LogP contribution is 2.46. The average molecular weight is 404 g/mol. The van der Waals surface area contributed by atoms with E-state index in [1.807, 2.05) is 0 Å². The van der Waals surface area contributed by atoms with E-state index in [1.165, 1.54) is 44.9 Å². The molecule has 5 aliphatic rings. The predicted octanol–water partition coefficient (Wildman–Crippen LogP) is 4.04. The molecule has 3 aliphatic carbocycles. The summed E-state index contributed by atoms with van der Waals surface area (Å²) < 4.78 is 21.3. The molecule has 5 fully saturated rings. The lowest BCUT2D eigenvalue weighted by molar-refractivity contribution is -0.0871. The van der Waals surface area contributed by atoms with Crippen LogP contribution in [0.1, 0.15) is 70.6 Å². The molecule has 29 heavy (non-hydrogen) atoms. The fourth-order valence-electron chi connectivity index (χ4n) is 7.17. The van der Waals surface area contributed by atoms with Crippen molar-refractivity contribution in [3.8, 4) is 6.07 Å². The first-order valence-corrected chi connectivity index (χ1v) is 12.3. The summed E-state index contributed by atoms with van der Waals surface area (Å²) >= 11 is 0. The zero-order valence-electron chi connectivity index (χ0n) is 17.7. The van der Waals surface area contributed by atoms with Gasteiger partial charge in [0.1, 0.15) is 6.17 Å². The van der Waals surface area contributed by atoms with Crippen molar-refractivity contribution in [3.63, 3.8) is 0 Å². The summed E-state index contributed by atoms with van der Waals surface area (Å²) in [5, 5.41) is 9.21. The van der Waals surface area contributed by atoms with Crippen LogP contribution in [0.25, 0.3) is 0 Å². The van der Waals surface area contributed by atoms with Crippen molar-refractivity contribution in [1.82, 2.24) is 4.90 Å². The number of hydrogen-bond acceptors (Lipinski definition) is 4. The minimum Gasteiger partial charge on any atom is -0.377 e. The summed E-state index contributed by atoms with van der Waals surface area (Å²) in [6.45, 7) is 2.03. The van der Waals surface area contributed by atoms with Gasteiger partial charge in [-0.05, 0) is 87.9 Å². The summed E-state index contributed by atoms with van der Waals surface area (Å²) in [6.07, 6.45) is 11.6. The van der Waals surface area contributed by atoms with E-state index in [9.17, 15) is 9.65 Å². The Morgan fingerprint density at radius 3 is 2.55 bits per heavy atom. The fraction of sp³-hybridized carbons (Fsp3) is 0.958. The third-order valence-electron chi connectivity index (χ3n) is 8.98. The third-order valence-corrected chi connectivity index (χ3v) is 8.98. The van der Waals surface area contributed by atoms with Crippen LogP contribution >= 0.6 is 0 Å². The van der Waals surface area contributed by atoms with Crippen molar-refractivity contribution in [2.45, 2.75) is 101 Å². The minimum atomic E-state index is -0.948. The Hall–Kier alpha value is -0.700. The van der Waals surface area contributed by atoms with Crippen molar-refractivity contribution in [2.24, 2.45) is 35.3 Å². The zero-order valence-corrected chi connectivity index (χ0v) is 17.7. The molecule has 5 rings (SSSR count). The summed E-state index contributed by atoms with van der Waals surface area (Å²) in [4.78, 5) is 2.72. The SMILES string of the molecule is N#CC1CCC(C2CCCC(CN3[C@H]4CC[C@@H]3C(N)C4)C2OCC2CC2)CC1F. The first-order chi connectivity index (χ1) is 14.1. The van der Waals surface area contributed by atoms with Gasteiger partial charge in [0, 0.05) is 31.3 Å². The van der Waals surface area contributed by atoms with Gasteiger partial charge in [0.25, 0.3) is 0 Å². The maximum absolute atomic E-state index is 14.6. The lowest BCUT2D eigenvalue weighted by atomic mass is 9.66. The molecule has 0 aromatic heterocycles. The van der Waals surface area contributed by atoms with Gasteiger partial charge in [-0.25, -0.2) is 4.39 Å². The van der Waals surface area contributed by atoms with Crippen LogP contribution in [0.4, 0.5) is 4.39 Å². The van der Waals surface area contributed by atoms with Crippen LogP contribution in [0, 0.1) is 40.9 Å². The maximum atomic E-state index is 14.6. The van der Waals surface area contributed by atoms with Gasteiger partial charge in [0.15, 0.2) is 0 Å². The maximum Gasteiger partial charge on any atom is 0.116 e. The van der Waals surface area contributed by atoms with E-state index < -0.39 is 12.1 Å². The molecule has 0 aromatic carbocycles. The lowest BCUT2D eigenvalue weighted by Gasteiger charge is -2.45. The Morgan fingerprint density at radius 2 is 1.90 bits per heavy atom. The van der Waals surface area contributed by atoms with Crippen LogP contribution in [0.15, 0.2) is 0 Å². The molecule has 0 amide bonds. The van der Waals surface area contributed by atoms with Crippen molar-refractivity contribution >= 4 is 0 Å². The van der Waals surface area contributed by atoms with Gasteiger partial charge in [-0.15, -0.1) is 0 Å². The molecule has 3 saturated carbocycles. The van der Waals surface area contributed by atoms with Crippen molar-refractivity contribution in [2.75, 3.05) is 13.2 Å². The van der Waals surface area contributed by atoms with Gasteiger partial charge < -0.3 is 10.5 Å². The second kappa shape index (κ2) is 8.44. The highest BCUT2D eigenvalue weighted by atomic mass is 19.1. The number of halogens is 1. The van der Waals surface area contributed by atoms with E-state index in [1.54, 1.807) is 0 Å². The predicted molar refractivity (Wildman–Crippen MR) is 111 cm³/mol. The zero-order chi connectivity index (χ0) is 20.0. The highest BCUT2D eigenvalue weighted by molar-refractivity contribution is 5.04. The lowest BCUT2D eigenvalue weighted by Crippen LogP contribution is -2.48. The molecule has 162 valence electrons. The summed E-state index contributed by atoms with van der Waals surface area (Å²) in [6, 6.07) is 3.80. The molecule has 5 heteroatoms. The molecule has 4 nitrogen and oxygen atoms in total. The van der Waals surface area contributed by atoms with Gasteiger partial charge in [-0.2, -0.15) is 5.26 Å². The molecule has 7 unspecified atom stereocenters. The highest BCUT2D eigenvalue weighted by Gasteiger charge is 2.48. The van der Waals surface area contributed by atoms with Gasteiger partial charge in [-0.3, -0.25) is 4.90 Å². The Labute approximate surface area is 175 Å². The normalized spacial score (nSPS) is 48.0. The summed E-state index contributed by atoms with van der Waals surface area (Å²) in [7, 11) is 0. The monoisotopic (exact) mass is 403 g/mol. The standard InChI is InChI=1S/C24H38FN3O/c25-21-10-16(6-7-17(21)12-26)20-3-1-2-18(24(20)29-14-15-4-5-15)13-28-19-8-9-23(28)22(27)11-19/h15-24H,1-11,13-14,27H2/t16?,17?,18?,19-,20?,21?,22?,23+,24?/m0/s1. The number of fused-ring (bicyclic) bond motifs is 2. The van der Waals surface area contributed by atoms with Gasteiger partial charge in [0.2, 0.25) is 0 Å². The number of alkyl halides is 1. The van der Waals surface area contributed by atoms with Crippen LogP contribution in [0.3, 0.4) is 0 Å². The molecule has 0 spiro atoms. The van der Waals surface area contributed by atoms with Crippen LogP contribution in [0.5, 0.6) is 0 Å². The number of nitriles is 1. The average Bonchev–Trinajstić information content (AvgIpc) is 3.42. The van der Waals surface area contributed by atoms with Gasteiger partial charge in [-0.1, -0.05) is 6.42 Å². The quantitative estimate of drug-likeness (QED) is 0.727. The van der Waals surface area contributed by atoms with Gasteiger partial charge >= 0.3 is 0 Å². The Kier molecular flexibility index (Phi) is 5.88. The number of hydrogen-bond donors (Lipinski definition) is 1. The summed E-state index contributed by atoms with van der Waals surface area (Å²) in [5.41, 5.74) is 6.40. The van der Waals surface area contributed by atoms with Crippen molar-refractivity contribution in [1.29, 1.82) is 5.26 Å². The molecular weight excluding hydrogens is 365 g/mol. The molecule has 9 atom stereocenters. The van der Waals surface area contributed by atoms with E-state index in [4.69, 9.17) is 10.5 Å². The van der Waals surface area contributed by atoms with Crippen LogP contribution < -0.4 is 5.73 Å². The number of nitrogens with two attached hydrogens (primary N) is 1. The minimum absolute atomic E-state index is 0.274. The van der Waals surface area contributed by atoms with E-state index in [0.717, 1.165) is 38.3 Å². The van der Waals surface area contributed by atoms with Crippen molar-refractivity contribution in [3.05, 3.63) is 0 Å². The topological polar surface area (TPSA) is 62.3 Å². The first kappa shape index (κ1) is 20.2. The second-order valence-corrected chi connectivity index (χ2v) is 10.8. The number of ether oxygens (including phenoxy) is 1. The molecule has 2 bridgehead atoms. The third kappa shape index (κ3) is 4.10. The fourth-order valence-corrected chi connectivity index (χ4v) is 7.17. The first-order valence-electron chi connectivity index (χ1n) is 12.3. The van der Waals surface area contributed by atoms with E-state index >= 15 is 0 Å². The van der Waals surface area contributed by atoms with E-state index in [0.29, 0.717) is 42.3 Å². The Morgan fingerprint density at radius 1 is 1.03 bits per heavy atom. The molecular formula is C24H38FN3O. The van der Waals surface area contributed by atoms with Crippen LogP contribution in [-0.2, 0) is 4.74 Å². The molecule has 0 aromatic rings. The largest absolute Gasteiger partial charge is 0.377 e. The molecule has 2 heterocycles. The van der Waals surface area contributed by atoms with Crippen molar-refractivity contribution < 1.29 is 9.13 Å². The number of rotatable bonds is 6. The van der Waals surface area contributed by atoms with Crippen LogP contribution in [-0.4, -0.2) is 48.5 Å².